The van der Waals surface area contributed by atoms with E-state index in [1.165, 1.54) is 12.1 Å². The third-order valence-electron chi connectivity index (χ3n) is 4.00. The number of hydrogen-bond acceptors (Lipinski definition) is 5. The summed E-state index contributed by atoms with van der Waals surface area (Å²) >= 11 is 6.14. The fourth-order valence-corrected chi connectivity index (χ4v) is 4.32. The normalized spacial score (nSPS) is 14.5. The standard InChI is InChI=1S/C17H15FN2O4S2/c1-7(2)5-11(16(23)24)20-15(22)13(26-17(20)25)12-9-6-8(18)3-4-10(9)19-14(12)21/h3-4,6-7,11,22H,5H2,1-2H3,(H,23,24)/t11-/m0/s1. The van der Waals surface area contributed by atoms with Crippen molar-refractivity contribution in [3.63, 3.8) is 0 Å². The second-order valence-electron chi connectivity index (χ2n) is 6.33. The predicted molar refractivity (Wildman–Crippen MR) is 95.6 cm³/mol. The number of carbonyl (C=O) groups is 2. The van der Waals surface area contributed by atoms with Gasteiger partial charge in [-0.3, -0.25) is 9.36 Å². The Morgan fingerprint density at radius 1 is 1.42 bits per heavy atom. The molecule has 1 aromatic carbocycles. The SMILES string of the molecule is CC(C)C[C@@H](C(=O)O)n1c(O)c(C2=c3cc(F)ccc3=NC2=O)sc1=S. The molecule has 0 bridgehead atoms. The van der Waals surface area contributed by atoms with Crippen molar-refractivity contribution in [3.05, 3.63) is 43.4 Å². The molecule has 2 N–H and O–H groups in total. The Bertz CT molecular complexity index is 1100. The number of aromatic nitrogens is 1. The average Bonchev–Trinajstić information content (AvgIpc) is 3.00. The van der Waals surface area contributed by atoms with E-state index in [-0.39, 0.29) is 32.0 Å². The highest BCUT2D eigenvalue weighted by molar-refractivity contribution is 7.73. The van der Waals surface area contributed by atoms with E-state index < -0.39 is 29.6 Å². The highest BCUT2D eigenvalue weighted by Crippen LogP contribution is 2.36. The van der Waals surface area contributed by atoms with Gasteiger partial charge in [-0.1, -0.05) is 13.8 Å². The van der Waals surface area contributed by atoms with E-state index in [9.17, 15) is 24.2 Å². The summed E-state index contributed by atoms with van der Waals surface area (Å²) in [4.78, 5) is 27.9. The highest BCUT2D eigenvalue weighted by Gasteiger charge is 2.30. The maximum absolute atomic E-state index is 13.6. The molecule has 9 heteroatoms. The third kappa shape index (κ3) is 3.08. The first-order valence-electron chi connectivity index (χ1n) is 7.81. The average molecular weight is 394 g/mol. The van der Waals surface area contributed by atoms with E-state index in [1.807, 2.05) is 13.8 Å². The van der Waals surface area contributed by atoms with Crippen LogP contribution in [-0.2, 0) is 9.59 Å². The van der Waals surface area contributed by atoms with Gasteiger partial charge in [0.1, 0.15) is 16.7 Å². The van der Waals surface area contributed by atoms with Gasteiger partial charge in [-0.2, -0.15) is 0 Å². The largest absolute Gasteiger partial charge is 0.493 e. The Balaban J connectivity index is 2.26. The van der Waals surface area contributed by atoms with Crippen LogP contribution in [0, 0.1) is 15.7 Å². The summed E-state index contributed by atoms with van der Waals surface area (Å²) < 4.78 is 14.9. The topological polar surface area (TPSA) is 91.9 Å². The van der Waals surface area contributed by atoms with Gasteiger partial charge in [-0.25, -0.2) is 14.2 Å². The molecule has 2 aromatic rings. The van der Waals surface area contributed by atoms with Crippen LogP contribution in [-0.4, -0.2) is 26.7 Å². The van der Waals surface area contributed by atoms with E-state index in [2.05, 4.69) is 4.99 Å². The smallest absolute Gasteiger partial charge is 0.326 e. The van der Waals surface area contributed by atoms with E-state index in [4.69, 9.17) is 12.2 Å². The fourth-order valence-electron chi connectivity index (χ4n) is 2.88. The molecule has 6 nitrogen and oxygen atoms in total. The summed E-state index contributed by atoms with van der Waals surface area (Å²) in [6.07, 6.45) is 0.256. The van der Waals surface area contributed by atoms with Crippen LogP contribution in [0.25, 0.3) is 5.57 Å². The zero-order valence-corrected chi connectivity index (χ0v) is 15.5. The number of aromatic hydroxyl groups is 1. The molecule has 0 saturated heterocycles. The number of carboxylic acid groups (broad SMARTS) is 1. The van der Waals surface area contributed by atoms with Gasteiger partial charge in [0, 0.05) is 5.22 Å². The lowest BCUT2D eigenvalue weighted by atomic mass is 10.0. The number of thiazole rings is 1. The highest BCUT2D eigenvalue weighted by atomic mass is 32.1. The fraction of sp³-hybridized carbons (Fsp3) is 0.294. The lowest BCUT2D eigenvalue weighted by Gasteiger charge is -2.17. The van der Waals surface area contributed by atoms with Gasteiger partial charge in [0.2, 0.25) is 5.88 Å². The number of halogens is 1. The first-order valence-corrected chi connectivity index (χ1v) is 9.03. The Hall–Kier alpha value is -2.39. The first-order chi connectivity index (χ1) is 12.2. The molecule has 136 valence electrons. The molecule has 0 aliphatic carbocycles. The second-order valence-corrected chi connectivity index (χ2v) is 7.97. The molecule has 0 spiro atoms. The molecule has 1 aliphatic rings. The van der Waals surface area contributed by atoms with Gasteiger partial charge in [0.15, 0.2) is 3.95 Å². The molecule has 3 rings (SSSR count). The number of carbonyl (C=O) groups excluding carboxylic acids is 1. The predicted octanol–water partition coefficient (Wildman–Crippen LogP) is 2.15. The van der Waals surface area contributed by atoms with Gasteiger partial charge in [0.05, 0.1) is 10.9 Å². The first kappa shape index (κ1) is 18.4. The Morgan fingerprint density at radius 2 is 2.12 bits per heavy atom. The van der Waals surface area contributed by atoms with E-state index in [0.717, 1.165) is 22.0 Å². The van der Waals surface area contributed by atoms with Gasteiger partial charge in [-0.15, -0.1) is 11.3 Å². The summed E-state index contributed by atoms with van der Waals surface area (Å²) in [7, 11) is 0. The van der Waals surface area contributed by atoms with Crippen LogP contribution in [0.2, 0.25) is 0 Å². The Kier molecular flexibility index (Phi) is 4.76. The zero-order chi connectivity index (χ0) is 19.2. The van der Waals surface area contributed by atoms with Crippen LogP contribution in [0.3, 0.4) is 0 Å². The number of aliphatic carboxylic acids is 1. The zero-order valence-electron chi connectivity index (χ0n) is 13.9. The molecule has 0 fully saturated rings. The Morgan fingerprint density at radius 3 is 2.73 bits per heavy atom. The van der Waals surface area contributed by atoms with Crippen molar-refractivity contribution in [1.29, 1.82) is 0 Å². The number of nitrogens with zero attached hydrogens (tertiary/aromatic N) is 2. The maximum atomic E-state index is 13.6. The minimum absolute atomic E-state index is 0.0283. The van der Waals surface area contributed by atoms with Crippen LogP contribution in [0.5, 0.6) is 5.88 Å². The monoisotopic (exact) mass is 394 g/mol. The van der Waals surface area contributed by atoms with Crippen molar-refractivity contribution < 1.29 is 24.2 Å². The molecule has 26 heavy (non-hydrogen) atoms. The molecule has 0 unspecified atom stereocenters. The summed E-state index contributed by atoms with van der Waals surface area (Å²) in [6.45, 7) is 3.72. The lowest BCUT2D eigenvalue weighted by molar-refractivity contribution is -0.141. The molecular weight excluding hydrogens is 379 g/mol. The molecule has 0 radical (unpaired) electrons. The summed E-state index contributed by atoms with van der Waals surface area (Å²) in [6, 6.07) is 2.67. The minimum atomic E-state index is -1.13. The Labute approximate surface area is 156 Å². The maximum Gasteiger partial charge on any atom is 0.326 e. The second kappa shape index (κ2) is 6.73. The number of fused-ring (bicyclic) bond motifs is 1. The van der Waals surface area contributed by atoms with Crippen molar-refractivity contribution in [2.24, 2.45) is 10.9 Å². The summed E-state index contributed by atoms with van der Waals surface area (Å²) in [5.41, 5.74) is 0.0283. The van der Waals surface area contributed by atoms with Crippen LogP contribution >= 0.6 is 23.6 Å². The van der Waals surface area contributed by atoms with Gasteiger partial charge in [-0.05, 0) is 42.8 Å². The van der Waals surface area contributed by atoms with Crippen molar-refractivity contribution in [1.82, 2.24) is 4.57 Å². The molecule has 1 aliphatic heterocycles. The van der Waals surface area contributed by atoms with E-state index >= 15 is 0 Å². The number of amides is 1. The van der Waals surface area contributed by atoms with Crippen LogP contribution in [0.1, 0.15) is 31.2 Å². The number of carboxylic acids is 1. The van der Waals surface area contributed by atoms with Crippen molar-refractivity contribution in [2.45, 2.75) is 26.3 Å². The third-order valence-corrected chi connectivity index (χ3v) is 5.41. The quantitative estimate of drug-likeness (QED) is 0.759. The summed E-state index contributed by atoms with van der Waals surface area (Å²) in [5.74, 6) is -2.67. The number of hydrogen-bond donors (Lipinski definition) is 2. The summed E-state index contributed by atoms with van der Waals surface area (Å²) in [5, 5.41) is 20.7. The molecule has 2 heterocycles. The van der Waals surface area contributed by atoms with Gasteiger partial charge in [0.25, 0.3) is 5.91 Å². The van der Waals surface area contributed by atoms with Gasteiger partial charge < -0.3 is 10.2 Å². The minimum Gasteiger partial charge on any atom is -0.493 e. The van der Waals surface area contributed by atoms with Crippen LogP contribution < -0.4 is 10.6 Å². The number of benzene rings is 1. The van der Waals surface area contributed by atoms with Crippen molar-refractivity contribution in [2.75, 3.05) is 0 Å². The lowest BCUT2D eigenvalue weighted by Crippen LogP contribution is -2.23. The number of rotatable bonds is 5. The van der Waals surface area contributed by atoms with Crippen LogP contribution in [0.4, 0.5) is 4.39 Å². The van der Waals surface area contributed by atoms with E-state index in [1.54, 1.807) is 0 Å². The molecule has 0 saturated carbocycles. The van der Waals surface area contributed by atoms with Gasteiger partial charge >= 0.3 is 5.97 Å². The molecule has 1 amide bonds. The molecular formula is C17H15FN2O4S2. The van der Waals surface area contributed by atoms with E-state index in [0.29, 0.717) is 5.36 Å². The van der Waals surface area contributed by atoms with Crippen molar-refractivity contribution >= 4 is 41.0 Å². The molecule has 1 atom stereocenters. The van der Waals surface area contributed by atoms with Crippen molar-refractivity contribution in [3.8, 4) is 5.88 Å². The molecule has 1 aromatic heterocycles. The van der Waals surface area contributed by atoms with Crippen LogP contribution in [0.15, 0.2) is 23.2 Å².